The minimum atomic E-state index is -4.44. The second-order valence-electron chi connectivity index (χ2n) is 13.4. The number of esters is 1. The second-order valence-corrected chi connectivity index (χ2v) is 13.4. The van der Waals surface area contributed by atoms with Gasteiger partial charge in [0.05, 0.1) is 63.4 Å². The van der Waals surface area contributed by atoms with E-state index in [-0.39, 0.29) is 36.6 Å². The number of benzene rings is 2. The van der Waals surface area contributed by atoms with Gasteiger partial charge in [-0.25, -0.2) is 0 Å². The van der Waals surface area contributed by atoms with Gasteiger partial charge in [0.1, 0.15) is 17.9 Å². The number of ether oxygens (including phenoxy) is 4. The lowest BCUT2D eigenvalue weighted by Gasteiger charge is -2.32. The van der Waals surface area contributed by atoms with Crippen LogP contribution < -0.4 is 20.7 Å². The molecule has 1 aliphatic rings. The van der Waals surface area contributed by atoms with Crippen LogP contribution >= 0.6 is 0 Å². The summed E-state index contributed by atoms with van der Waals surface area (Å²) < 4.78 is 64.2. The van der Waals surface area contributed by atoms with E-state index in [9.17, 15) is 22.8 Å². The first kappa shape index (κ1) is 40.3. The molecule has 3 N–H and O–H groups in total. The van der Waals surface area contributed by atoms with Crippen molar-refractivity contribution in [3.05, 3.63) is 53.7 Å². The third kappa shape index (κ3) is 12.6. The molecule has 0 radical (unpaired) electrons. The van der Waals surface area contributed by atoms with Crippen molar-refractivity contribution in [3.8, 4) is 17.6 Å². The Morgan fingerprint density at radius 3 is 2.37 bits per heavy atom. The number of fused-ring (bicyclic) bond motifs is 1. The Kier molecular flexibility index (Phi) is 14.6. The lowest BCUT2D eigenvalue weighted by atomic mass is 10.0. The SMILES string of the molecule is CNC(=O)c1ccc(NCC#Cc2cc3c(NC4CCN(CCOCCOCCC(=O)OC(C)(C)C)CC4)cccc3n2CC(F)(F)F)c(OC)c1. The van der Waals surface area contributed by atoms with E-state index in [0.717, 1.165) is 38.2 Å². The highest BCUT2D eigenvalue weighted by Gasteiger charge is 2.30. The number of halogens is 3. The number of hydrogen-bond acceptors (Lipinski definition) is 9. The van der Waals surface area contributed by atoms with Crippen LogP contribution in [0.5, 0.6) is 5.75 Å². The van der Waals surface area contributed by atoms with E-state index >= 15 is 0 Å². The number of carbonyl (C=O) groups excluding carboxylic acids is 2. The van der Waals surface area contributed by atoms with Crippen LogP contribution in [0.25, 0.3) is 10.9 Å². The van der Waals surface area contributed by atoms with Crippen molar-refractivity contribution in [1.29, 1.82) is 0 Å². The maximum atomic E-state index is 13.7. The summed E-state index contributed by atoms with van der Waals surface area (Å²) in [7, 11) is 3.02. The summed E-state index contributed by atoms with van der Waals surface area (Å²) >= 11 is 0. The molecule has 0 saturated carbocycles. The van der Waals surface area contributed by atoms with E-state index in [0.29, 0.717) is 54.3 Å². The molecule has 2 aromatic carbocycles. The number of rotatable bonds is 16. The zero-order chi connectivity index (χ0) is 37.7. The second kappa shape index (κ2) is 18.9. The van der Waals surface area contributed by atoms with Gasteiger partial charge in [0.15, 0.2) is 0 Å². The maximum Gasteiger partial charge on any atom is 0.406 e. The largest absolute Gasteiger partial charge is 0.495 e. The van der Waals surface area contributed by atoms with Crippen molar-refractivity contribution >= 4 is 34.2 Å². The molecule has 4 rings (SSSR count). The Bertz CT molecular complexity index is 1700. The van der Waals surface area contributed by atoms with E-state index < -0.39 is 18.3 Å². The van der Waals surface area contributed by atoms with Gasteiger partial charge in [-0.3, -0.25) is 9.59 Å². The van der Waals surface area contributed by atoms with Crippen molar-refractivity contribution in [3.63, 3.8) is 0 Å². The highest BCUT2D eigenvalue weighted by atomic mass is 19.4. The maximum absolute atomic E-state index is 13.7. The number of anilines is 2. The number of hydrogen-bond donors (Lipinski definition) is 3. The molecule has 0 atom stereocenters. The number of amides is 1. The van der Waals surface area contributed by atoms with Crippen LogP contribution in [-0.4, -0.2) is 106 Å². The smallest absolute Gasteiger partial charge is 0.406 e. The van der Waals surface area contributed by atoms with Gasteiger partial charge in [-0.15, -0.1) is 0 Å². The highest BCUT2D eigenvalue weighted by Crippen LogP contribution is 2.31. The van der Waals surface area contributed by atoms with E-state index in [4.69, 9.17) is 18.9 Å². The first-order valence-corrected chi connectivity index (χ1v) is 17.4. The van der Waals surface area contributed by atoms with E-state index in [2.05, 4.69) is 32.7 Å². The summed E-state index contributed by atoms with van der Waals surface area (Å²) in [5, 5.41) is 9.94. The Hall–Kier alpha value is -4.45. The summed E-state index contributed by atoms with van der Waals surface area (Å²) in [6, 6.07) is 12.1. The highest BCUT2D eigenvalue weighted by molar-refractivity contribution is 5.95. The topological polar surface area (TPSA) is 115 Å². The fourth-order valence-electron chi connectivity index (χ4n) is 5.85. The summed E-state index contributed by atoms with van der Waals surface area (Å²) in [5.41, 5.74) is 2.01. The Labute approximate surface area is 303 Å². The molecule has 14 heteroatoms. The fraction of sp³-hybridized carbons (Fsp3) is 0.526. The first-order chi connectivity index (χ1) is 24.8. The zero-order valence-corrected chi connectivity index (χ0v) is 30.6. The first-order valence-electron chi connectivity index (χ1n) is 17.4. The molecule has 0 unspecified atom stereocenters. The molecule has 1 aromatic heterocycles. The van der Waals surface area contributed by atoms with Gasteiger partial charge in [-0.2, -0.15) is 13.2 Å². The number of nitrogens with zero attached hydrogens (tertiary/aromatic N) is 2. The lowest BCUT2D eigenvalue weighted by molar-refractivity contribution is -0.156. The Morgan fingerprint density at radius 1 is 0.962 bits per heavy atom. The van der Waals surface area contributed by atoms with Crippen LogP contribution in [0.2, 0.25) is 0 Å². The van der Waals surface area contributed by atoms with Crippen LogP contribution in [0.1, 0.15) is 56.1 Å². The molecule has 2 heterocycles. The van der Waals surface area contributed by atoms with Crippen LogP contribution in [-0.2, 0) is 25.5 Å². The number of carbonyl (C=O) groups is 2. The van der Waals surface area contributed by atoms with E-state index in [1.54, 1.807) is 36.4 Å². The van der Waals surface area contributed by atoms with Crippen LogP contribution in [0.15, 0.2) is 42.5 Å². The van der Waals surface area contributed by atoms with Gasteiger partial charge >= 0.3 is 12.1 Å². The molecule has 52 heavy (non-hydrogen) atoms. The number of alkyl halides is 3. The molecule has 0 aliphatic carbocycles. The Morgan fingerprint density at radius 2 is 1.69 bits per heavy atom. The third-order valence-corrected chi connectivity index (χ3v) is 8.30. The Balaban J connectivity index is 1.29. The van der Waals surface area contributed by atoms with Crippen LogP contribution in [0, 0.1) is 11.8 Å². The average Bonchev–Trinajstić information content (AvgIpc) is 3.43. The quantitative estimate of drug-likeness (QED) is 0.0975. The number of likely N-dealkylation sites (tertiary alicyclic amines) is 1. The minimum absolute atomic E-state index is 0.140. The lowest BCUT2D eigenvalue weighted by Crippen LogP contribution is -2.40. The zero-order valence-electron chi connectivity index (χ0n) is 30.6. The van der Waals surface area contributed by atoms with Crippen molar-refractivity contribution in [2.45, 2.75) is 64.4 Å². The normalized spacial score (nSPS) is 14.1. The van der Waals surface area contributed by atoms with Gasteiger partial charge < -0.3 is 44.4 Å². The van der Waals surface area contributed by atoms with Crippen molar-refractivity contribution in [2.24, 2.45) is 0 Å². The van der Waals surface area contributed by atoms with Crippen molar-refractivity contribution < 1.29 is 41.7 Å². The molecule has 284 valence electrons. The monoisotopic (exact) mass is 729 g/mol. The number of nitrogens with one attached hydrogen (secondary N) is 3. The molecule has 1 amide bonds. The summed E-state index contributed by atoms with van der Waals surface area (Å²) in [4.78, 5) is 26.0. The van der Waals surface area contributed by atoms with Gasteiger partial charge in [0.2, 0.25) is 0 Å². The molecular weight excluding hydrogens is 679 g/mol. The van der Waals surface area contributed by atoms with Crippen molar-refractivity contribution in [1.82, 2.24) is 14.8 Å². The predicted molar refractivity (Wildman–Crippen MR) is 195 cm³/mol. The average molecular weight is 730 g/mol. The predicted octanol–water partition coefficient (Wildman–Crippen LogP) is 5.68. The van der Waals surface area contributed by atoms with Gasteiger partial charge in [0.25, 0.3) is 5.91 Å². The standard InChI is InChI=1S/C38H50F3N5O6/c1-37(2,3)52-35(47)15-20-50-22-23-51-21-19-45-17-13-28(14-18-45)44-31-9-6-10-33-30(31)25-29(46(33)26-38(39,40)41)8-7-16-43-32-12-11-27(36(48)42-4)24-34(32)49-5/h6,9-12,24-25,28,43-44H,13-23,26H2,1-5H3,(H,42,48). The van der Waals surface area contributed by atoms with E-state index in [1.165, 1.54) is 18.7 Å². The molecule has 1 aliphatic heterocycles. The van der Waals surface area contributed by atoms with Gasteiger partial charge in [-0.05, 0) is 75.9 Å². The molecule has 0 bridgehead atoms. The molecular formula is C38H50F3N5O6. The van der Waals surface area contributed by atoms with Crippen molar-refractivity contribution in [2.75, 3.05) is 77.4 Å². The molecule has 11 nitrogen and oxygen atoms in total. The summed E-state index contributed by atoms with van der Waals surface area (Å²) in [6.45, 7) is 8.68. The van der Waals surface area contributed by atoms with Gasteiger partial charge in [-0.1, -0.05) is 12.0 Å². The number of methoxy groups -OCH3 is 1. The van der Waals surface area contributed by atoms with Crippen LogP contribution in [0.3, 0.4) is 0 Å². The molecule has 1 saturated heterocycles. The molecule has 1 fully saturated rings. The minimum Gasteiger partial charge on any atom is -0.495 e. The number of piperidine rings is 1. The summed E-state index contributed by atoms with van der Waals surface area (Å²) in [5.74, 6) is 5.78. The number of aromatic nitrogens is 1. The molecule has 0 spiro atoms. The molecule has 3 aromatic rings. The van der Waals surface area contributed by atoms with Crippen LogP contribution in [0.4, 0.5) is 24.5 Å². The van der Waals surface area contributed by atoms with Gasteiger partial charge in [0, 0.05) is 49.4 Å². The summed E-state index contributed by atoms with van der Waals surface area (Å²) in [6.07, 6.45) is -2.48. The third-order valence-electron chi connectivity index (χ3n) is 8.30. The fourth-order valence-corrected chi connectivity index (χ4v) is 5.85. The van der Waals surface area contributed by atoms with E-state index in [1.807, 2.05) is 26.8 Å².